The standard InChI is InChI=1S/C27H37N3O4S/c1-5-7-15-23(25(32)30-16-11-14-21(18-30)26(33)34-6-2)35-27-28-19(3)22(24(31)29(27)4)17-20-12-9-8-10-13-20/h8-10,12-13,21,23H,5-7,11,14-18H2,1-4H3. The van der Waals surface area contributed by atoms with E-state index in [1.54, 1.807) is 23.4 Å². The van der Waals surface area contributed by atoms with E-state index >= 15 is 0 Å². The summed E-state index contributed by atoms with van der Waals surface area (Å²) in [5.74, 6) is -0.486. The van der Waals surface area contributed by atoms with Crippen molar-refractivity contribution in [1.82, 2.24) is 14.5 Å². The molecule has 0 radical (unpaired) electrons. The predicted molar refractivity (Wildman–Crippen MR) is 139 cm³/mol. The van der Waals surface area contributed by atoms with Crippen molar-refractivity contribution in [3.8, 4) is 0 Å². The molecule has 3 rings (SSSR count). The van der Waals surface area contributed by atoms with Crippen LogP contribution in [-0.4, -0.2) is 51.3 Å². The maximum atomic E-state index is 13.6. The molecule has 190 valence electrons. The molecule has 1 aliphatic rings. The topological polar surface area (TPSA) is 81.5 Å². The fraction of sp³-hybridized carbons (Fsp3) is 0.556. The van der Waals surface area contributed by atoms with Gasteiger partial charge in [-0.3, -0.25) is 19.0 Å². The number of ether oxygens (including phenoxy) is 1. The number of piperidine rings is 1. The van der Waals surface area contributed by atoms with Crippen molar-refractivity contribution in [2.45, 2.75) is 69.7 Å². The molecule has 2 aromatic rings. The van der Waals surface area contributed by atoms with Gasteiger partial charge in [0, 0.05) is 37.8 Å². The number of rotatable bonds is 10. The van der Waals surface area contributed by atoms with Crippen LogP contribution in [0.2, 0.25) is 0 Å². The number of aromatic nitrogens is 2. The lowest BCUT2D eigenvalue weighted by atomic mass is 9.97. The van der Waals surface area contributed by atoms with E-state index in [2.05, 4.69) is 6.92 Å². The highest BCUT2D eigenvalue weighted by Crippen LogP contribution is 2.29. The Hall–Kier alpha value is -2.61. The van der Waals surface area contributed by atoms with Crippen LogP contribution in [0.1, 0.15) is 62.8 Å². The van der Waals surface area contributed by atoms with E-state index in [0.717, 1.165) is 31.2 Å². The lowest BCUT2D eigenvalue weighted by Gasteiger charge is -2.34. The number of carbonyl (C=O) groups is 2. The Morgan fingerprint density at radius 2 is 1.97 bits per heavy atom. The van der Waals surface area contributed by atoms with E-state index in [0.29, 0.717) is 49.0 Å². The highest BCUT2D eigenvalue weighted by Gasteiger charge is 2.33. The van der Waals surface area contributed by atoms with Crippen LogP contribution in [-0.2, 0) is 27.8 Å². The van der Waals surface area contributed by atoms with Crippen LogP contribution in [0.15, 0.2) is 40.3 Å². The third kappa shape index (κ3) is 6.97. The van der Waals surface area contributed by atoms with Crippen LogP contribution in [0, 0.1) is 12.8 Å². The molecule has 1 amide bonds. The van der Waals surface area contributed by atoms with Crippen molar-refractivity contribution < 1.29 is 14.3 Å². The minimum atomic E-state index is -0.353. The number of hydrogen-bond acceptors (Lipinski definition) is 6. The van der Waals surface area contributed by atoms with Crippen LogP contribution < -0.4 is 5.56 Å². The zero-order valence-electron chi connectivity index (χ0n) is 21.3. The number of aryl methyl sites for hydroxylation is 1. The minimum Gasteiger partial charge on any atom is -0.466 e. The Morgan fingerprint density at radius 3 is 2.66 bits per heavy atom. The molecule has 1 fully saturated rings. The Morgan fingerprint density at radius 1 is 1.23 bits per heavy atom. The van der Waals surface area contributed by atoms with Gasteiger partial charge in [-0.2, -0.15) is 0 Å². The molecule has 0 N–H and O–H groups in total. The predicted octanol–water partition coefficient (Wildman–Crippen LogP) is 4.13. The Kier molecular flexibility index (Phi) is 9.95. The lowest BCUT2D eigenvalue weighted by Crippen LogP contribution is -2.46. The van der Waals surface area contributed by atoms with Crippen LogP contribution in [0.3, 0.4) is 0 Å². The summed E-state index contributed by atoms with van der Waals surface area (Å²) in [7, 11) is 1.73. The summed E-state index contributed by atoms with van der Waals surface area (Å²) in [5.41, 5.74) is 2.35. The maximum absolute atomic E-state index is 13.6. The molecule has 0 aliphatic carbocycles. The molecule has 1 aromatic heterocycles. The van der Waals surface area contributed by atoms with Gasteiger partial charge in [-0.25, -0.2) is 4.98 Å². The summed E-state index contributed by atoms with van der Waals surface area (Å²) in [6, 6.07) is 9.89. The smallest absolute Gasteiger partial charge is 0.310 e. The Balaban J connectivity index is 1.80. The van der Waals surface area contributed by atoms with Crippen LogP contribution in [0.25, 0.3) is 0 Å². The average Bonchev–Trinajstić information content (AvgIpc) is 2.87. The number of hydrogen-bond donors (Lipinski definition) is 0. The van der Waals surface area contributed by atoms with E-state index in [4.69, 9.17) is 9.72 Å². The van der Waals surface area contributed by atoms with Gasteiger partial charge >= 0.3 is 5.97 Å². The molecule has 2 heterocycles. The monoisotopic (exact) mass is 499 g/mol. The van der Waals surface area contributed by atoms with Gasteiger partial charge in [-0.15, -0.1) is 0 Å². The molecular formula is C27H37N3O4S. The fourth-order valence-electron chi connectivity index (χ4n) is 4.42. The quantitative estimate of drug-likeness (QED) is 0.278. The molecule has 1 aliphatic heterocycles. The summed E-state index contributed by atoms with van der Waals surface area (Å²) < 4.78 is 6.77. The molecule has 2 unspecified atom stereocenters. The normalized spacial score (nSPS) is 16.7. The van der Waals surface area contributed by atoms with Gasteiger partial charge < -0.3 is 9.64 Å². The second-order valence-corrected chi connectivity index (χ2v) is 10.3. The maximum Gasteiger partial charge on any atom is 0.310 e. The summed E-state index contributed by atoms with van der Waals surface area (Å²) >= 11 is 1.36. The molecule has 0 spiro atoms. The first kappa shape index (κ1) is 27.0. The number of esters is 1. The van der Waals surface area contributed by atoms with Crippen LogP contribution in [0.4, 0.5) is 0 Å². The number of likely N-dealkylation sites (tertiary alicyclic amines) is 1. The summed E-state index contributed by atoms with van der Waals surface area (Å²) in [4.78, 5) is 45.6. The lowest BCUT2D eigenvalue weighted by molar-refractivity contribution is -0.151. The molecule has 0 saturated carbocycles. The first-order valence-electron chi connectivity index (χ1n) is 12.6. The highest BCUT2D eigenvalue weighted by atomic mass is 32.2. The van der Waals surface area contributed by atoms with Gasteiger partial charge in [-0.05, 0) is 38.7 Å². The zero-order valence-corrected chi connectivity index (χ0v) is 22.1. The second kappa shape index (κ2) is 12.9. The van der Waals surface area contributed by atoms with Crippen LogP contribution in [0.5, 0.6) is 0 Å². The van der Waals surface area contributed by atoms with E-state index in [-0.39, 0.29) is 28.6 Å². The third-order valence-corrected chi connectivity index (χ3v) is 7.77. The SMILES string of the molecule is CCCCC(Sc1nc(C)c(Cc2ccccc2)c(=O)n1C)C(=O)N1CCCC(C(=O)OCC)C1. The molecule has 0 bridgehead atoms. The van der Waals surface area contributed by atoms with Crippen molar-refractivity contribution in [2.24, 2.45) is 13.0 Å². The van der Waals surface area contributed by atoms with Crippen molar-refractivity contribution in [2.75, 3.05) is 19.7 Å². The summed E-state index contributed by atoms with van der Waals surface area (Å²) in [6.45, 7) is 7.13. The van der Waals surface area contributed by atoms with Crippen molar-refractivity contribution in [3.05, 3.63) is 57.5 Å². The molecule has 1 aromatic carbocycles. The molecular weight excluding hydrogens is 462 g/mol. The summed E-state index contributed by atoms with van der Waals surface area (Å²) in [6.07, 6.45) is 4.62. The largest absolute Gasteiger partial charge is 0.466 e. The van der Waals surface area contributed by atoms with Gasteiger partial charge in [0.25, 0.3) is 5.56 Å². The zero-order chi connectivity index (χ0) is 25.4. The van der Waals surface area contributed by atoms with Gasteiger partial charge in [0.05, 0.1) is 17.8 Å². The van der Waals surface area contributed by atoms with Crippen LogP contribution >= 0.6 is 11.8 Å². The number of amides is 1. The van der Waals surface area contributed by atoms with Gasteiger partial charge in [-0.1, -0.05) is 61.9 Å². The molecule has 35 heavy (non-hydrogen) atoms. The van der Waals surface area contributed by atoms with Crippen molar-refractivity contribution >= 4 is 23.6 Å². The number of unbranched alkanes of at least 4 members (excludes halogenated alkanes) is 1. The van der Waals surface area contributed by atoms with E-state index in [1.165, 1.54) is 11.8 Å². The number of benzene rings is 1. The Labute approximate surface area is 212 Å². The van der Waals surface area contributed by atoms with E-state index in [1.807, 2.05) is 37.3 Å². The van der Waals surface area contributed by atoms with Gasteiger partial charge in [0.15, 0.2) is 5.16 Å². The molecule has 7 nitrogen and oxygen atoms in total. The number of thioether (sulfide) groups is 1. The molecule has 8 heteroatoms. The van der Waals surface area contributed by atoms with E-state index in [9.17, 15) is 14.4 Å². The van der Waals surface area contributed by atoms with E-state index < -0.39 is 0 Å². The average molecular weight is 500 g/mol. The third-order valence-electron chi connectivity index (χ3n) is 6.47. The minimum absolute atomic E-state index is 0.0118. The second-order valence-electron chi connectivity index (χ2n) is 9.11. The fourth-order valence-corrected chi connectivity index (χ4v) is 5.64. The molecule has 2 atom stereocenters. The van der Waals surface area contributed by atoms with Gasteiger partial charge in [0.1, 0.15) is 0 Å². The first-order valence-corrected chi connectivity index (χ1v) is 13.5. The first-order chi connectivity index (χ1) is 16.8. The van der Waals surface area contributed by atoms with Crippen molar-refractivity contribution in [3.63, 3.8) is 0 Å². The van der Waals surface area contributed by atoms with Crippen molar-refractivity contribution in [1.29, 1.82) is 0 Å². The number of nitrogens with zero attached hydrogens (tertiary/aromatic N) is 3. The highest BCUT2D eigenvalue weighted by molar-refractivity contribution is 8.00. The molecule has 1 saturated heterocycles. The number of carbonyl (C=O) groups excluding carboxylic acids is 2. The van der Waals surface area contributed by atoms with Gasteiger partial charge in [0.2, 0.25) is 5.91 Å². The summed E-state index contributed by atoms with van der Waals surface area (Å²) in [5, 5.41) is 0.200. The Bertz CT molecular complexity index is 1070.